The van der Waals surface area contributed by atoms with Crippen molar-refractivity contribution in [2.24, 2.45) is 4.99 Å². The number of aryl methyl sites for hydroxylation is 1. The maximum Gasteiger partial charge on any atom is 0.0478 e. The molecule has 2 rings (SSSR count). The predicted molar refractivity (Wildman–Crippen MR) is 56.4 cm³/mol. The lowest BCUT2D eigenvalue weighted by Crippen LogP contribution is -1.95. The summed E-state index contributed by atoms with van der Waals surface area (Å²) in [7, 11) is 0. The van der Waals surface area contributed by atoms with Gasteiger partial charge in [0, 0.05) is 11.8 Å². The van der Waals surface area contributed by atoms with Crippen molar-refractivity contribution in [1.82, 2.24) is 0 Å². The number of nitrogens with zero attached hydrogens (tertiary/aromatic N) is 1. The molecule has 1 heteroatoms. The average molecular weight is 173 g/mol. The summed E-state index contributed by atoms with van der Waals surface area (Å²) >= 11 is 0. The van der Waals surface area contributed by atoms with Gasteiger partial charge in [-0.15, -0.1) is 0 Å². The number of aliphatic imine (C=N–C) groups is 1. The van der Waals surface area contributed by atoms with Gasteiger partial charge in [-0.3, -0.25) is 4.99 Å². The summed E-state index contributed by atoms with van der Waals surface area (Å²) in [4.78, 5) is 4.62. The Morgan fingerprint density at radius 3 is 2.85 bits per heavy atom. The molecule has 1 aliphatic rings. The van der Waals surface area contributed by atoms with Gasteiger partial charge in [-0.2, -0.15) is 0 Å². The molecule has 1 nitrogen and oxygen atoms in total. The zero-order valence-electron chi connectivity index (χ0n) is 8.25. The van der Waals surface area contributed by atoms with Crippen molar-refractivity contribution in [3.63, 3.8) is 0 Å². The number of benzene rings is 1. The third-order valence-corrected chi connectivity index (χ3v) is 2.53. The van der Waals surface area contributed by atoms with E-state index in [0.717, 1.165) is 6.42 Å². The fourth-order valence-corrected chi connectivity index (χ4v) is 1.78. The first kappa shape index (κ1) is 8.49. The Kier molecular flexibility index (Phi) is 2.17. The van der Waals surface area contributed by atoms with E-state index in [0.29, 0.717) is 6.04 Å². The van der Waals surface area contributed by atoms with Crippen LogP contribution in [-0.4, -0.2) is 11.8 Å². The Morgan fingerprint density at radius 1 is 1.38 bits per heavy atom. The maximum atomic E-state index is 4.62. The van der Waals surface area contributed by atoms with E-state index in [1.807, 2.05) is 0 Å². The van der Waals surface area contributed by atoms with Crippen LogP contribution in [0.5, 0.6) is 0 Å². The van der Waals surface area contributed by atoms with Crippen LogP contribution in [0.15, 0.2) is 29.3 Å². The van der Waals surface area contributed by atoms with Crippen LogP contribution in [0.4, 0.5) is 0 Å². The van der Waals surface area contributed by atoms with Crippen LogP contribution < -0.4 is 0 Å². The molecule has 0 saturated heterocycles. The Hall–Kier alpha value is -1.11. The second kappa shape index (κ2) is 3.33. The highest BCUT2D eigenvalue weighted by Crippen LogP contribution is 2.18. The second-order valence-electron chi connectivity index (χ2n) is 3.83. The number of hydrogen-bond acceptors (Lipinski definition) is 1. The molecule has 0 aromatic heterocycles. The highest BCUT2D eigenvalue weighted by atomic mass is 14.8. The molecule has 0 radical (unpaired) electrons. The number of rotatable bonds is 1. The SMILES string of the molecule is Cc1cccc(C2=N[C@H](C)CC2)c1. The monoisotopic (exact) mass is 173 g/mol. The Morgan fingerprint density at radius 2 is 2.23 bits per heavy atom. The molecule has 13 heavy (non-hydrogen) atoms. The van der Waals surface area contributed by atoms with Crippen LogP contribution in [0.1, 0.15) is 30.9 Å². The van der Waals surface area contributed by atoms with Gasteiger partial charge in [0.25, 0.3) is 0 Å². The quantitative estimate of drug-likeness (QED) is 0.619. The lowest BCUT2D eigenvalue weighted by atomic mass is 10.1. The van der Waals surface area contributed by atoms with Crippen LogP contribution in [0.3, 0.4) is 0 Å². The zero-order chi connectivity index (χ0) is 9.26. The second-order valence-corrected chi connectivity index (χ2v) is 3.83. The summed E-state index contributed by atoms with van der Waals surface area (Å²) in [6, 6.07) is 9.13. The molecule has 0 amide bonds. The maximum absolute atomic E-state index is 4.62. The minimum absolute atomic E-state index is 0.524. The molecule has 0 bridgehead atoms. The first-order chi connectivity index (χ1) is 6.25. The topological polar surface area (TPSA) is 12.4 Å². The summed E-state index contributed by atoms with van der Waals surface area (Å²) in [5.74, 6) is 0. The molecule has 1 aromatic rings. The van der Waals surface area contributed by atoms with Crippen molar-refractivity contribution in [1.29, 1.82) is 0 Å². The van der Waals surface area contributed by atoms with Gasteiger partial charge in [0.05, 0.1) is 0 Å². The molecular weight excluding hydrogens is 158 g/mol. The van der Waals surface area contributed by atoms with E-state index in [4.69, 9.17) is 0 Å². The molecule has 1 aromatic carbocycles. The Balaban J connectivity index is 2.31. The van der Waals surface area contributed by atoms with Crippen LogP contribution in [0.25, 0.3) is 0 Å². The van der Waals surface area contributed by atoms with Crippen molar-refractivity contribution in [2.75, 3.05) is 0 Å². The summed E-state index contributed by atoms with van der Waals surface area (Å²) < 4.78 is 0. The van der Waals surface area contributed by atoms with Crippen molar-refractivity contribution < 1.29 is 0 Å². The van der Waals surface area contributed by atoms with Crippen molar-refractivity contribution in [3.05, 3.63) is 35.4 Å². The molecule has 0 spiro atoms. The van der Waals surface area contributed by atoms with Crippen molar-refractivity contribution in [2.45, 2.75) is 32.7 Å². The predicted octanol–water partition coefficient (Wildman–Crippen LogP) is 2.97. The highest BCUT2D eigenvalue weighted by Gasteiger charge is 2.13. The molecule has 0 fully saturated rings. The van der Waals surface area contributed by atoms with Gasteiger partial charge in [-0.1, -0.05) is 29.8 Å². The van der Waals surface area contributed by atoms with Crippen LogP contribution in [-0.2, 0) is 0 Å². The van der Waals surface area contributed by atoms with Gasteiger partial charge in [0.2, 0.25) is 0 Å². The molecule has 0 saturated carbocycles. The normalized spacial score (nSPS) is 21.7. The first-order valence-corrected chi connectivity index (χ1v) is 4.89. The third kappa shape index (κ3) is 1.80. The van der Waals surface area contributed by atoms with Gasteiger partial charge in [0.15, 0.2) is 0 Å². The third-order valence-electron chi connectivity index (χ3n) is 2.53. The molecule has 0 unspecified atom stereocenters. The smallest absolute Gasteiger partial charge is 0.0478 e. The summed E-state index contributed by atoms with van der Waals surface area (Å²) in [6.07, 6.45) is 2.36. The van der Waals surface area contributed by atoms with Gasteiger partial charge in [-0.05, 0) is 32.3 Å². The molecule has 0 aliphatic carbocycles. The van der Waals surface area contributed by atoms with E-state index < -0.39 is 0 Å². The minimum atomic E-state index is 0.524. The minimum Gasteiger partial charge on any atom is -0.286 e. The average Bonchev–Trinajstić information content (AvgIpc) is 2.52. The summed E-state index contributed by atoms with van der Waals surface area (Å²) in [5, 5.41) is 0. The largest absolute Gasteiger partial charge is 0.286 e. The fourth-order valence-electron chi connectivity index (χ4n) is 1.78. The van der Waals surface area contributed by atoms with Gasteiger partial charge >= 0.3 is 0 Å². The lowest BCUT2D eigenvalue weighted by Gasteiger charge is -2.00. The van der Waals surface area contributed by atoms with Gasteiger partial charge in [-0.25, -0.2) is 0 Å². The zero-order valence-corrected chi connectivity index (χ0v) is 8.25. The Bertz CT molecular complexity index is 339. The van der Waals surface area contributed by atoms with E-state index in [-0.39, 0.29) is 0 Å². The van der Waals surface area contributed by atoms with Crippen LogP contribution >= 0.6 is 0 Å². The van der Waals surface area contributed by atoms with Crippen LogP contribution in [0, 0.1) is 6.92 Å². The first-order valence-electron chi connectivity index (χ1n) is 4.89. The van der Waals surface area contributed by atoms with Crippen LogP contribution in [0.2, 0.25) is 0 Å². The molecular formula is C12H15N. The van der Waals surface area contributed by atoms with E-state index in [1.54, 1.807) is 0 Å². The number of hydrogen-bond donors (Lipinski definition) is 0. The standard InChI is InChI=1S/C12H15N/c1-9-4-3-5-11(8-9)12-7-6-10(2)13-12/h3-5,8,10H,6-7H2,1-2H3/t10-/m1/s1. The molecule has 1 aliphatic heterocycles. The molecule has 1 atom stereocenters. The summed E-state index contributed by atoms with van der Waals surface area (Å²) in [6.45, 7) is 4.31. The van der Waals surface area contributed by atoms with Gasteiger partial charge < -0.3 is 0 Å². The van der Waals surface area contributed by atoms with Gasteiger partial charge in [0.1, 0.15) is 0 Å². The fraction of sp³-hybridized carbons (Fsp3) is 0.417. The Labute approximate surface area is 79.5 Å². The van der Waals surface area contributed by atoms with E-state index in [9.17, 15) is 0 Å². The highest BCUT2D eigenvalue weighted by molar-refractivity contribution is 6.01. The van der Waals surface area contributed by atoms with E-state index >= 15 is 0 Å². The molecule has 0 N–H and O–H groups in total. The van der Waals surface area contributed by atoms with Crippen molar-refractivity contribution >= 4 is 5.71 Å². The van der Waals surface area contributed by atoms with Crippen molar-refractivity contribution in [3.8, 4) is 0 Å². The van der Waals surface area contributed by atoms with E-state index in [1.165, 1.54) is 23.3 Å². The van der Waals surface area contributed by atoms with E-state index in [2.05, 4.69) is 43.1 Å². The molecule has 68 valence electrons. The lowest BCUT2D eigenvalue weighted by molar-refractivity contribution is 0.739. The summed E-state index contributed by atoms with van der Waals surface area (Å²) in [5.41, 5.74) is 3.92. The molecule has 1 heterocycles.